The number of halogens is 3. The first-order valence-electron chi connectivity index (χ1n) is 14.6. The molecule has 11 nitrogen and oxygen atoms in total. The van der Waals surface area contributed by atoms with Crippen molar-refractivity contribution in [2.75, 3.05) is 0 Å². The Morgan fingerprint density at radius 3 is 1.83 bits per heavy atom. The van der Waals surface area contributed by atoms with E-state index in [1.807, 2.05) is 0 Å². The van der Waals surface area contributed by atoms with Crippen LogP contribution in [0.2, 0.25) is 0 Å². The van der Waals surface area contributed by atoms with Gasteiger partial charge in [0.1, 0.15) is 23.6 Å². The predicted molar refractivity (Wildman–Crippen MR) is 169 cm³/mol. The average Bonchev–Trinajstić information content (AvgIpc) is 2.95. The molecule has 2 N–H and O–H groups in total. The van der Waals surface area contributed by atoms with E-state index in [9.17, 15) is 32.3 Å². The number of nitrogens with one attached hydrogen (secondary N) is 2. The molecule has 0 aliphatic carbocycles. The summed E-state index contributed by atoms with van der Waals surface area (Å²) in [6, 6.07) is 16.7. The lowest BCUT2D eigenvalue weighted by molar-refractivity contribution is -0.145. The highest BCUT2D eigenvalue weighted by atomic mass is 19.4. The van der Waals surface area contributed by atoms with Crippen LogP contribution in [-0.4, -0.2) is 41.3 Å². The fourth-order valence-electron chi connectivity index (χ4n) is 3.84. The first-order valence-corrected chi connectivity index (χ1v) is 14.6. The zero-order valence-electron chi connectivity index (χ0n) is 27.2. The summed E-state index contributed by atoms with van der Waals surface area (Å²) in [7, 11) is 0. The molecule has 0 saturated heterocycles. The highest BCUT2D eigenvalue weighted by molar-refractivity contribution is 6.02. The molecule has 256 valence electrons. The van der Waals surface area contributed by atoms with Gasteiger partial charge >= 0.3 is 30.3 Å². The van der Waals surface area contributed by atoms with E-state index in [1.165, 1.54) is 24.3 Å². The first kappa shape index (κ1) is 37.1. The molecular formula is C34H36F3N3O8. The summed E-state index contributed by atoms with van der Waals surface area (Å²) in [6.07, 6.45) is -7.32. The maximum absolute atomic E-state index is 13.9. The van der Waals surface area contributed by atoms with E-state index in [4.69, 9.17) is 18.9 Å². The number of benzene rings is 3. The maximum Gasteiger partial charge on any atom is 0.416 e. The van der Waals surface area contributed by atoms with Crippen molar-refractivity contribution in [1.82, 2.24) is 10.6 Å². The monoisotopic (exact) mass is 671 g/mol. The lowest BCUT2D eigenvalue weighted by Gasteiger charge is -2.22. The average molecular weight is 672 g/mol. The van der Waals surface area contributed by atoms with Gasteiger partial charge in [0, 0.05) is 0 Å². The summed E-state index contributed by atoms with van der Waals surface area (Å²) in [6.45, 7) is 9.77. The van der Waals surface area contributed by atoms with Gasteiger partial charge in [-0.25, -0.2) is 19.4 Å². The first-order chi connectivity index (χ1) is 22.3. The number of carbonyl (C=O) groups excluding carboxylic acids is 4. The molecule has 0 saturated carbocycles. The normalized spacial score (nSPS) is 11.5. The van der Waals surface area contributed by atoms with Crippen molar-refractivity contribution in [2.45, 2.75) is 71.9 Å². The number of esters is 2. The van der Waals surface area contributed by atoms with E-state index in [0.717, 1.165) is 12.1 Å². The largest absolute Gasteiger partial charge is 0.461 e. The molecule has 3 aromatic rings. The van der Waals surface area contributed by atoms with Gasteiger partial charge in [0.25, 0.3) is 0 Å². The zero-order valence-corrected chi connectivity index (χ0v) is 27.2. The molecule has 0 aliphatic rings. The highest BCUT2D eigenvalue weighted by Crippen LogP contribution is 2.35. The predicted octanol–water partition coefficient (Wildman–Crippen LogP) is 7.25. The number of hydrogen-bond donors (Lipinski definition) is 2. The van der Waals surface area contributed by atoms with E-state index in [2.05, 4.69) is 15.6 Å². The van der Waals surface area contributed by atoms with Crippen LogP contribution in [0.1, 0.15) is 68.6 Å². The van der Waals surface area contributed by atoms with Crippen LogP contribution in [0.3, 0.4) is 0 Å². The molecule has 0 atom stereocenters. The smallest absolute Gasteiger partial charge is 0.416 e. The Bertz CT molecular complexity index is 1610. The molecule has 48 heavy (non-hydrogen) atoms. The van der Waals surface area contributed by atoms with Crippen molar-refractivity contribution in [3.8, 4) is 5.75 Å². The van der Waals surface area contributed by atoms with Gasteiger partial charge in [-0.05, 0) is 89.1 Å². The Morgan fingerprint density at radius 2 is 1.31 bits per heavy atom. The summed E-state index contributed by atoms with van der Waals surface area (Å²) >= 11 is 0. The van der Waals surface area contributed by atoms with Crippen molar-refractivity contribution in [2.24, 2.45) is 4.99 Å². The van der Waals surface area contributed by atoms with Gasteiger partial charge in [-0.15, -0.1) is 0 Å². The molecule has 3 aromatic carbocycles. The molecule has 0 radical (unpaired) electrons. The Kier molecular flexibility index (Phi) is 11.9. The van der Waals surface area contributed by atoms with Gasteiger partial charge < -0.3 is 18.9 Å². The fourth-order valence-corrected chi connectivity index (χ4v) is 3.84. The number of amides is 2. The van der Waals surface area contributed by atoms with Gasteiger partial charge in [0.2, 0.25) is 5.96 Å². The van der Waals surface area contributed by atoms with Gasteiger partial charge in [0.15, 0.2) is 0 Å². The third-order valence-electron chi connectivity index (χ3n) is 5.76. The van der Waals surface area contributed by atoms with Gasteiger partial charge in [-0.2, -0.15) is 13.2 Å². The quantitative estimate of drug-likeness (QED) is 0.0880. The van der Waals surface area contributed by atoms with Gasteiger partial charge in [-0.3, -0.25) is 15.4 Å². The van der Waals surface area contributed by atoms with E-state index >= 15 is 0 Å². The lowest BCUT2D eigenvalue weighted by Crippen LogP contribution is -2.47. The number of guanidine groups is 1. The third kappa shape index (κ3) is 12.8. The van der Waals surface area contributed by atoms with Crippen LogP contribution in [-0.2, 0) is 38.2 Å². The number of alkyl carbamates (subject to hydrolysis) is 2. The van der Waals surface area contributed by atoms with Crippen LogP contribution >= 0.6 is 0 Å². The number of hydrogen-bond acceptors (Lipinski definition) is 9. The summed E-state index contributed by atoms with van der Waals surface area (Å²) in [4.78, 5) is 53.9. The lowest BCUT2D eigenvalue weighted by atomic mass is 10.0. The molecular weight excluding hydrogens is 635 g/mol. The van der Waals surface area contributed by atoms with E-state index in [1.54, 1.807) is 71.9 Å². The molecule has 0 aromatic heterocycles. The van der Waals surface area contributed by atoms with Crippen molar-refractivity contribution in [3.63, 3.8) is 0 Å². The number of alkyl halides is 3. The van der Waals surface area contributed by atoms with Gasteiger partial charge in [-0.1, -0.05) is 36.4 Å². The third-order valence-corrected chi connectivity index (χ3v) is 5.76. The molecule has 0 aliphatic heterocycles. The fraction of sp³-hybridized carbons (Fsp3) is 0.324. The van der Waals surface area contributed by atoms with E-state index in [0.29, 0.717) is 11.6 Å². The molecule has 0 bridgehead atoms. The minimum absolute atomic E-state index is 0.0437. The van der Waals surface area contributed by atoms with Crippen LogP contribution < -0.4 is 15.4 Å². The number of nitrogens with zero attached hydrogens (tertiary/aromatic N) is 1. The second-order valence-electron chi connectivity index (χ2n) is 12.3. The molecule has 14 heteroatoms. The standard InChI is InChI=1S/C34H36F3N3O8/c1-32(2,3)47-30(43)39-29(40-31(44)48-33(4,5)6)38-24-15-12-22(13-16-24)28(42)46-25-17-14-23(26(19-25)34(35,36)37)18-27(41)45-20-21-10-8-7-9-11-21/h7-17,19H,18,20H2,1-6H3,(H2,38,39,40,43,44). The second kappa shape index (κ2) is 15.5. The summed E-state index contributed by atoms with van der Waals surface area (Å²) in [5, 5.41) is 4.64. The van der Waals surface area contributed by atoms with Crippen molar-refractivity contribution >= 4 is 35.8 Å². The highest BCUT2D eigenvalue weighted by Gasteiger charge is 2.34. The van der Waals surface area contributed by atoms with Crippen LogP contribution in [0.25, 0.3) is 0 Å². The Morgan fingerprint density at radius 1 is 0.750 bits per heavy atom. The summed E-state index contributed by atoms with van der Waals surface area (Å²) in [5.74, 6) is -2.57. The molecule has 0 heterocycles. The van der Waals surface area contributed by atoms with Gasteiger partial charge in [0.05, 0.1) is 23.2 Å². The summed E-state index contributed by atoms with van der Waals surface area (Å²) in [5.41, 5.74) is -2.40. The number of carbonyl (C=O) groups is 4. The van der Waals surface area contributed by atoms with Crippen LogP contribution in [0.4, 0.5) is 28.4 Å². The topological polar surface area (TPSA) is 142 Å². The zero-order chi connectivity index (χ0) is 35.7. The van der Waals surface area contributed by atoms with Crippen LogP contribution in [0, 0.1) is 0 Å². The minimum Gasteiger partial charge on any atom is -0.461 e. The van der Waals surface area contributed by atoms with E-state index < -0.39 is 59.2 Å². The summed E-state index contributed by atoms with van der Waals surface area (Å²) < 4.78 is 62.3. The maximum atomic E-state index is 13.9. The van der Waals surface area contributed by atoms with Crippen molar-refractivity contribution in [1.29, 1.82) is 0 Å². The molecule has 0 spiro atoms. The molecule has 0 unspecified atom stereocenters. The van der Waals surface area contributed by atoms with Crippen molar-refractivity contribution < 1.29 is 51.3 Å². The number of ether oxygens (including phenoxy) is 4. The number of rotatable bonds is 7. The molecule has 0 fully saturated rings. The SMILES string of the molecule is CC(C)(C)OC(=O)NC(=Nc1ccc(C(=O)Oc2ccc(CC(=O)OCc3ccccc3)c(C(F)(F)F)c2)cc1)NC(=O)OC(C)(C)C. The molecule has 3 rings (SSSR count). The minimum atomic E-state index is -4.85. The second-order valence-corrected chi connectivity index (χ2v) is 12.3. The van der Waals surface area contributed by atoms with Crippen LogP contribution in [0.15, 0.2) is 77.8 Å². The molecule has 2 amide bonds. The van der Waals surface area contributed by atoms with Crippen LogP contribution in [0.5, 0.6) is 5.75 Å². The van der Waals surface area contributed by atoms with Crippen molar-refractivity contribution in [3.05, 3.63) is 95.1 Å². The Labute approximate surface area is 275 Å². The Balaban J connectivity index is 1.74. The van der Waals surface area contributed by atoms with E-state index in [-0.39, 0.29) is 29.4 Å². The number of aliphatic imine (C=N–C) groups is 1. The Hall–Kier alpha value is -5.40.